The van der Waals surface area contributed by atoms with Crippen molar-refractivity contribution in [1.29, 1.82) is 0 Å². The van der Waals surface area contributed by atoms with Crippen LogP contribution in [0.3, 0.4) is 0 Å². The summed E-state index contributed by atoms with van der Waals surface area (Å²) < 4.78 is 0. The molecule has 1 aliphatic rings. The molecule has 0 fully saturated rings. The van der Waals surface area contributed by atoms with E-state index in [-0.39, 0.29) is 5.92 Å². The molecular weight excluding hydrogens is 126 g/mol. The van der Waals surface area contributed by atoms with Gasteiger partial charge < -0.3 is 5.11 Å². The van der Waals surface area contributed by atoms with Crippen LogP contribution in [-0.4, -0.2) is 10.8 Å². The molecule has 0 aromatic heterocycles. The summed E-state index contributed by atoms with van der Waals surface area (Å²) in [4.78, 5) is 0. The van der Waals surface area contributed by atoms with E-state index < -0.39 is 5.72 Å². The van der Waals surface area contributed by atoms with Crippen LogP contribution >= 0.6 is 0 Å². The van der Waals surface area contributed by atoms with E-state index in [2.05, 4.69) is 0 Å². The van der Waals surface area contributed by atoms with E-state index >= 15 is 0 Å². The van der Waals surface area contributed by atoms with Gasteiger partial charge in [-0.2, -0.15) is 0 Å². The molecule has 0 aromatic rings. The average molecular weight is 139 g/mol. The van der Waals surface area contributed by atoms with E-state index in [1.54, 1.807) is 12.2 Å². The molecule has 0 radical (unpaired) electrons. The summed E-state index contributed by atoms with van der Waals surface area (Å²) in [6, 6.07) is 0. The van der Waals surface area contributed by atoms with E-state index in [1.165, 1.54) is 0 Å². The van der Waals surface area contributed by atoms with Gasteiger partial charge in [0.1, 0.15) is 5.72 Å². The average Bonchev–Trinajstić information content (AvgIpc) is 1.87. The molecule has 1 unspecified atom stereocenters. The van der Waals surface area contributed by atoms with Gasteiger partial charge in [0.05, 0.1) is 0 Å². The monoisotopic (exact) mass is 139 g/mol. The first-order valence-corrected chi connectivity index (χ1v) is 3.54. The first-order valence-electron chi connectivity index (χ1n) is 3.54. The van der Waals surface area contributed by atoms with E-state index in [1.807, 2.05) is 19.1 Å². The maximum absolute atomic E-state index is 9.47. The van der Waals surface area contributed by atoms with Gasteiger partial charge in [-0.1, -0.05) is 25.2 Å². The van der Waals surface area contributed by atoms with Crippen LogP contribution in [0.4, 0.5) is 0 Å². The predicted molar refractivity (Wildman–Crippen MR) is 41.2 cm³/mol. The molecule has 56 valence electrons. The van der Waals surface area contributed by atoms with E-state index in [4.69, 9.17) is 5.73 Å². The minimum absolute atomic E-state index is 0.0671. The minimum atomic E-state index is -1.12. The Morgan fingerprint density at radius 3 is 2.70 bits per heavy atom. The van der Waals surface area contributed by atoms with Crippen molar-refractivity contribution in [1.82, 2.24) is 0 Å². The second-order valence-corrected chi connectivity index (χ2v) is 2.65. The molecule has 10 heavy (non-hydrogen) atoms. The van der Waals surface area contributed by atoms with Crippen molar-refractivity contribution in [2.45, 2.75) is 19.1 Å². The lowest BCUT2D eigenvalue weighted by Gasteiger charge is -2.28. The molecule has 0 spiro atoms. The van der Waals surface area contributed by atoms with Crippen LogP contribution in [0.5, 0.6) is 0 Å². The van der Waals surface area contributed by atoms with Crippen LogP contribution in [0.2, 0.25) is 0 Å². The number of hydrogen-bond donors (Lipinski definition) is 2. The van der Waals surface area contributed by atoms with Gasteiger partial charge in [0.15, 0.2) is 0 Å². The number of rotatable bonds is 1. The van der Waals surface area contributed by atoms with Crippen LogP contribution in [0.15, 0.2) is 24.3 Å². The van der Waals surface area contributed by atoms with Gasteiger partial charge in [0.2, 0.25) is 0 Å². The Hall–Kier alpha value is -0.600. The Labute approximate surface area is 61.0 Å². The van der Waals surface area contributed by atoms with Gasteiger partial charge in [-0.25, -0.2) is 0 Å². The normalized spacial score (nSPS) is 38.5. The molecule has 1 rings (SSSR count). The Bertz CT molecular complexity index is 170. The van der Waals surface area contributed by atoms with E-state index in [0.29, 0.717) is 0 Å². The molecule has 0 bridgehead atoms. The van der Waals surface area contributed by atoms with Crippen molar-refractivity contribution in [3.63, 3.8) is 0 Å². The van der Waals surface area contributed by atoms with Gasteiger partial charge in [-0.3, -0.25) is 5.73 Å². The second-order valence-electron chi connectivity index (χ2n) is 2.65. The van der Waals surface area contributed by atoms with Crippen LogP contribution < -0.4 is 5.73 Å². The zero-order valence-electron chi connectivity index (χ0n) is 6.12. The highest BCUT2D eigenvalue weighted by Crippen LogP contribution is 2.21. The summed E-state index contributed by atoms with van der Waals surface area (Å²) in [6.07, 6.45) is 8.11. The lowest BCUT2D eigenvalue weighted by Crippen LogP contribution is -2.45. The molecule has 2 heteroatoms. The third kappa shape index (κ3) is 1.28. The fraction of sp³-hybridized carbons (Fsp3) is 0.500. The first-order chi connectivity index (χ1) is 4.67. The zero-order chi connectivity index (χ0) is 7.61. The summed E-state index contributed by atoms with van der Waals surface area (Å²) in [5.41, 5.74) is 4.43. The molecule has 2 atom stereocenters. The van der Waals surface area contributed by atoms with Crippen molar-refractivity contribution in [2.75, 3.05) is 0 Å². The first kappa shape index (κ1) is 7.51. The van der Waals surface area contributed by atoms with E-state index in [9.17, 15) is 5.11 Å². The number of nitrogens with two attached hydrogens (primary N) is 1. The van der Waals surface area contributed by atoms with Gasteiger partial charge in [-0.05, 0) is 12.5 Å². The molecule has 0 saturated carbocycles. The lowest BCUT2D eigenvalue weighted by atomic mass is 9.90. The fourth-order valence-electron chi connectivity index (χ4n) is 1.15. The van der Waals surface area contributed by atoms with Crippen molar-refractivity contribution < 1.29 is 5.11 Å². The highest BCUT2D eigenvalue weighted by atomic mass is 16.3. The highest BCUT2D eigenvalue weighted by molar-refractivity contribution is 5.19. The molecule has 0 aromatic carbocycles. The third-order valence-electron chi connectivity index (χ3n) is 1.85. The maximum Gasteiger partial charge on any atom is 0.139 e. The largest absolute Gasteiger partial charge is 0.372 e. The zero-order valence-corrected chi connectivity index (χ0v) is 6.12. The molecule has 2 nitrogen and oxygen atoms in total. The molecule has 0 saturated heterocycles. The smallest absolute Gasteiger partial charge is 0.139 e. The maximum atomic E-state index is 9.47. The van der Waals surface area contributed by atoms with Gasteiger partial charge >= 0.3 is 0 Å². The van der Waals surface area contributed by atoms with Gasteiger partial charge in [-0.15, -0.1) is 0 Å². The lowest BCUT2D eigenvalue weighted by molar-refractivity contribution is 0.0513. The summed E-state index contributed by atoms with van der Waals surface area (Å²) in [7, 11) is 0. The number of allylic oxidation sites excluding steroid dienone is 2. The summed E-state index contributed by atoms with van der Waals surface area (Å²) >= 11 is 0. The summed E-state index contributed by atoms with van der Waals surface area (Å²) in [5, 5.41) is 9.47. The van der Waals surface area contributed by atoms with Crippen molar-refractivity contribution in [3.8, 4) is 0 Å². The summed E-state index contributed by atoms with van der Waals surface area (Å²) in [6.45, 7) is 2.01. The molecule has 0 aliphatic heterocycles. The Morgan fingerprint density at radius 2 is 2.30 bits per heavy atom. The van der Waals surface area contributed by atoms with Crippen LogP contribution in [0.25, 0.3) is 0 Å². The van der Waals surface area contributed by atoms with Gasteiger partial charge in [0, 0.05) is 5.92 Å². The minimum Gasteiger partial charge on any atom is -0.372 e. The van der Waals surface area contributed by atoms with E-state index in [0.717, 1.165) is 6.42 Å². The Morgan fingerprint density at radius 1 is 1.60 bits per heavy atom. The van der Waals surface area contributed by atoms with Crippen LogP contribution in [0, 0.1) is 5.92 Å². The SMILES string of the molecule is CCC1C=CC=C[C@]1(N)O. The second kappa shape index (κ2) is 2.56. The number of aliphatic hydroxyl groups is 1. The molecular formula is C8H13NO. The standard InChI is InChI=1S/C8H13NO/c1-2-7-5-3-4-6-8(7,9)10/h3-7,10H,2,9H2,1H3/t7?,8-/m0/s1. The van der Waals surface area contributed by atoms with Gasteiger partial charge in [0.25, 0.3) is 0 Å². The number of hydrogen-bond acceptors (Lipinski definition) is 2. The highest BCUT2D eigenvalue weighted by Gasteiger charge is 2.27. The molecule has 0 amide bonds. The molecule has 1 aliphatic carbocycles. The van der Waals surface area contributed by atoms with Crippen molar-refractivity contribution in [3.05, 3.63) is 24.3 Å². The van der Waals surface area contributed by atoms with Crippen molar-refractivity contribution >= 4 is 0 Å². The molecule has 0 heterocycles. The third-order valence-corrected chi connectivity index (χ3v) is 1.85. The fourth-order valence-corrected chi connectivity index (χ4v) is 1.15. The Kier molecular flexibility index (Phi) is 1.92. The van der Waals surface area contributed by atoms with Crippen molar-refractivity contribution in [2.24, 2.45) is 11.7 Å². The quantitative estimate of drug-likeness (QED) is 0.527. The summed E-state index contributed by atoms with van der Waals surface area (Å²) in [5.74, 6) is 0.0671. The Balaban J connectivity index is 2.74. The predicted octanol–water partition coefficient (Wildman–Crippen LogP) is 0.786. The van der Waals surface area contributed by atoms with Crippen LogP contribution in [-0.2, 0) is 0 Å². The topological polar surface area (TPSA) is 46.2 Å². The van der Waals surface area contributed by atoms with Crippen LogP contribution in [0.1, 0.15) is 13.3 Å². The molecule has 3 N–H and O–H groups in total.